The van der Waals surface area contributed by atoms with E-state index < -0.39 is 0 Å². The number of piperidine rings is 2. The molecule has 2 aliphatic heterocycles. The molecule has 0 radical (unpaired) electrons. The van der Waals surface area contributed by atoms with E-state index in [1.807, 2.05) is 0 Å². The molecule has 3 aliphatic rings. The Bertz CT molecular complexity index is 1020. The highest BCUT2D eigenvalue weighted by molar-refractivity contribution is 7.80. The van der Waals surface area contributed by atoms with Crippen LogP contribution in [-0.4, -0.2) is 47.8 Å². The van der Waals surface area contributed by atoms with Crippen LogP contribution in [-0.2, 0) is 5.41 Å². The highest BCUT2D eigenvalue weighted by atomic mass is 32.1. The van der Waals surface area contributed by atoms with Gasteiger partial charge in [0, 0.05) is 44.2 Å². The largest absolute Gasteiger partial charge is 0.361 e. The van der Waals surface area contributed by atoms with Crippen molar-refractivity contribution >= 4 is 34.9 Å². The molecule has 3 heterocycles. The zero-order valence-corrected chi connectivity index (χ0v) is 23.5. The number of aromatic nitrogens is 2. The fraction of sp³-hybridized carbons (Fsp3) is 0.633. The Morgan fingerprint density at radius 3 is 2.19 bits per heavy atom. The average molecular weight is 521 g/mol. The Balaban J connectivity index is 1.33. The van der Waals surface area contributed by atoms with Gasteiger partial charge in [-0.15, -0.1) is 0 Å². The summed E-state index contributed by atoms with van der Waals surface area (Å²) < 4.78 is 0. The first kappa shape index (κ1) is 26.2. The van der Waals surface area contributed by atoms with Crippen molar-refractivity contribution in [1.82, 2.24) is 15.3 Å². The van der Waals surface area contributed by atoms with Crippen molar-refractivity contribution in [3.63, 3.8) is 0 Å². The van der Waals surface area contributed by atoms with Crippen molar-refractivity contribution in [2.24, 2.45) is 11.8 Å². The summed E-state index contributed by atoms with van der Waals surface area (Å²) in [5.74, 6) is 3.99. The van der Waals surface area contributed by atoms with Gasteiger partial charge < -0.3 is 20.4 Å². The molecule has 0 unspecified atom stereocenters. The molecule has 0 bridgehead atoms. The van der Waals surface area contributed by atoms with Crippen LogP contribution in [0.1, 0.15) is 77.2 Å². The Hall–Kier alpha value is -2.41. The second-order valence-electron chi connectivity index (χ2n) is 11.8. The van der Waals surface area contributed by atoms with E-state index >= 15 is 0 Å². The Morgan fingerprint density at radius 1 is 0.892 bits per heavy atom. The van der Waals surface area contributed by atoms with Crippen LogP contribution in [0.25, 0.3) is 0 Å². The molecule has 1 aliphatic carbocycles. The Kier molecular flexibility index (Phi) is 8.48. The highest BCUT2D eigenvalue weighted by Crippen LogP contribution is 2.39. The van der Waals surface area contributed by atoms with Crippen molar-refractivity contribution in [2.45, 2.75) is 77.0 Å². The van der Waals surface area contributed by atoms with Crippen molar-refractivity contribution in [2.75, 3.05) is 47.8 Å². The number of nitrogens with one attached hydrogen (secondary N) is 2. The molecule has 1 saturated carbocycles. The monoisotopic (exact) mass is 520 g/mol. The molecular formula is C30H44N6S. The summed E-state index contributed by atoms with van der Waals surface area (Å²) in [6.45, 7) is 9.74. The molecule has 5 rings (SSSR count). The van der Waals surface area contributed by atoms with Crippen LogP contribution in [0.15, 0.2) is 36.4 Å². The second kappa shape index (κ2) is 12.0. The molecule has 2 saturated heterocycles. The molecule has 2 N–H and O–H groups in total. The highest BCUT2D eigenvalue weighted by Gasteiger charge is 2.34. The molecular weight excluding hydrogens is 476 g/mol. The first-order chi connectivity index (χ1) is 18.0. The fourth-order valence-electron chi connectivity index (χ4n) is 6.76. The molecule has 1 aromatic carbocycles. The molecule has 37 heavy (non-hydrogen) atoms. The van der Waals surface area contributed by atoms with Crippen molar-refractivity contribution in [1.29, 1.82) is 0 Å². The van der Waals surface area contributed by atoms with Crippen LogP contribution in [0, 0.1) is 11.8 Å². The predicted octanol–water partition coefficient (Wildman–Crippen LogP) is 6.14. The standard InChI is InChI=1S/C30H44N6S/c1-23-18-24(2)21-36(20-23)27-19-26(35-16-10-5-11-17-35)32-28(33-27)34-29(37)31-22-30(14-8-4-9-15-30)25-12-6-3-7-13-25/h3,6-7,12-13,19,23-24H,4-5,8-11,14-18,20-22H2,1-2H3,(H2,31,32,33,34,37)/t23-,24-/m0/s1. The Labute approximate surface area is 228 Å². The molecule has 2 atom stereocenters. The van der Waals surface area contributed by atoms with Gasteiger partial charge in [0.15, 0.2) is 5.11 Å². The maximum atomic E-state index is 5.81. The average Bonchev–Trinajstić information content (AvgIpc) is 2.93. The lowest BCUT2D eigenvalue weighted by Gasteiger charge is -2.38. The van der Waals surface area contributed by atoms with Crippen LogP contribution in [0.3, 0.4) is 0 Å². The minimum atomic E-state index is 0.132. The third kappa shape index (κ3) is 6.54. The summed E-state index contributed by atoms with van der Waals surface area (Å²) in [4.78, 5) is 14.8. The molecule has 7 heteroatoms. The number of thiocarbonyl (C=S) groups is 1. The van der Waals surface area contributed by atoms with Crippen molar-refractivity contribution in [3.05, 3.63) is 42.0 Å². The fourth-order valence-corrected chi connectivity index (χ4v) is 6.92. The number of benzene rings is 1. The first-order valence-corrected chi connectivity index (χ1v) is 14.9. The molecule has 6 nitrogen and oxygen atoms in total. The van der Waals surface area contributed by atoms with Crippen molar-refractivity contribution < 1.29 is 0 Å². The lowest BCUT2D eigenvalue weighted by Crippen LogP contribution is -2.44. The zero-order chi connectivity index (χ0) is 25.7. The van der Waals surface area contributed by atoms with E-state index in [1.54, 1.807) is 0 Å². The summed E-state index contributed by atoms with van der Waals surface area (Å²) in [5.41, 5.74) is 1.55. The second-order valence-corrected chi connectivity index (χ2v) is 12.2. The SMILES string of the molecule is C[C@H]1C[C@H](C)CN(c2cc(N3CCCCC3)nc(NC(=S)NCC3(c4ccccc4)CCCCC3)n2)C1. The van der Waals surface area contributed by atoms with E-state index in [0.717, 1.165) is 44.4 Å². The van der Waals surface area contributed by atoms with Crippen LogP contribution in [0.4, 0.5) is 17.6 Å². The molecule has 200 valence electrons. The van der Waals surface area contributed by atoms with Gasteiger partial charge >= 0.3 is 0 Å². The van der Waals surface area contributed by atoms with Crippen molar-refractivity contribution in [3.8, 4) is 0 Å². The Morgan fingerprint density at radius 2 is 1.51 bits per heavy atom. The maximum absolute atomic E-state index is 5.81. The van der Waals surface area contributed by atoms with Gasteiger partial charge in [0.2, 0.25) is 5.95 Å². The van der Waals surface area contributed by atoms with Gasteiger partial charge in [-0.3, -0.25) is 0 Å². The number of nitrogens with zero attached hydrogens (tertiary/aromatic N) is 4. The number of hydrogen-bond acceptors (Lipinski definition) is 5. The lowest BCUT2D eigenvalue weighted by molar-refractivity contribution is 0.292. The van der Waals surface area contributed by atoms with E-state index in [2.05, 4.69) is 70.7 Å². The number of hydrogen-bond donors (Lipinski definition) is 2. The first-order valence-electron chi connectivity index (χ1n) is 14.5. The van der Waals surface area contributed by atoms with E-state index in [1.165, 1.54) is 63.4 Å². The predicted molar refractivity (Wildman–Crippen MR) is 159 cm³/mol. The summed E-state index contributed by atoms with van der Waals surface area (Å²) >= 11 is 5.81. The minimum Gasteiger partial charge on any atom is -0.361 e. The molecule has 1 aromatic heterocycles. The van der Waals surface area contributed by atoms with Gasteiger partial charge in [0.05, 0.1) is 0 Å². The molecule has 0 spiro atoms. The molecule has 3 fully saturated rings. The quantitative estimate of drug-likeness (QED) is 0.444. The van der Waals surface area contributed by atoms with Gasteiger partial charge in [-0.25, -0.2) is 0 Å². The van der Waals surface area contributed by atoms with Gasteiger partial charge in [0.25, 0.3) is 0 Å². The normalized spacial score (nSPS) is 23.9. The maximum Gasteiger partial charge on any atom is 0.232 e. The topological polar surface area (TPSA) is 56.3 Å². The summed E-state index contributed by atoms with van der Waals surface area (Å²) in [6, 6.07) is 13.2. The lowest BCUT2D eigenvalue weighted by atomic mass is 9.69. The van der Waals surface area contributed by atoms with Crippen LogP contribution >= 0.6 is 12.2 Å². The van der Waals surface area contributed by atoms with Crippen LogP contribution in [0.5, 0.6) is 0 Å². The van der Waals surface area contributed by atoms with Crippen LogP contribution < -0.4 is 20.4 Å². The van der Waals surface area contributed by atoms with Crippen LogP contribution in [0.2, 0.25) is 0 Å². The van der Waals surface area contributed by atoms with Gasteiger partial charge in [-0.05, 0) is 68.1 Å². The van der Waals surface area contributed by atoms with E-state index in [0.29, 0.717) is 22.9 Å². The third-order valence-electron chi connectivity index (χ3n) is 8.58. The smallest absolute Gasteiger partial charge is 0.232 e. The van der Waals surface area contributed by atoms with E-state index in [4.69, 9.17) is 22.2 Å². The zero-order valence-electron chi connectivity index (χ0n) is 22.7. The number of anilines is 3. The molecule has 0 amide bonds. The summed E-state index contributed by atoms with van der Waals surface area (Å²) in [5, 5.41) is 7.56. The van der Waals surface area contributed by atoms with Gasteiger partial charge in [-0.1, -0.05) is 63.4 Å². The summed E-state index contributed by atoms with van der Waals surface area (Å²) in [7, 11) is 0. The van der Waals surface area contributed by atoms with Gasteiger partial charge in [-0.2, -0.15) is 9.97 Å². The van der Waals surface area contributed by atoms with E-state index in [-0.39, 0.29) is 5.41 Å². The van der Waals surface area contributed by atoms with E-state index in [9.17, 15) is 0 Å². The molecule has 2 aromatic rings. The number of rotatable bonds is 6. The third-order valence-corrected chi connectivity index (χ3v) is 8.83. The summed E-state index contributed by atoms with van der Waals surface area (Å²) in [6.07, 6.45) is 11.3. The minimum absolute atomic E-state index is 0.132. The van der Waals surface area contributed by atoms with Gasteiger partial charge in [0.1, 0.15) is 11.6 Å².